The van der Waals surface area contributed by atoms with Crippen LogP contribution in [0.5, 0.6) is 0 Å². The van der Waals surface area contributed by atoms with Gasteiger partial charge in [0.15, 0.2) is 0 Å². The molecular formula is C12H20BN. The van der Waals surface area contributed by atoms with Gasteiger partial charge in [-0.15, -0.1) is 0 Å². The summed E-state index contributed by atoms with van der Waals surface area (Å²) in [4.78, 5) is 0. The third-order valence-electron chi connectivity index (χ3n) is 3.78. The molecule has 3 unspecified atom stereocenters. The van der Waals surface area contributed by atoms with Crippen LogP contribution in [-0.4, -0.2) is 13.9 Å². The molecule has 2 radical (unpaired) electrons. The van der Waals surface area contributed by atoms with Crippen LogP contribution in [0.15, 0.2) is 12.3 Å². The maximum Gasteiger partial charge on any atom is 0.0695 e. The van der Waals surface area contributed by atoms with Gasteiger partial charge >= 0.3 is 0 Å². The molecular weight excluding hydrogens is 169 g/mol. The van der Waals surface area contributed by atoms with Crippen LogP contribution in [0.4, 0.5) is 0 Å². The van der Waals surface area contributed by atoms with Crippen LogP contribution in [0.3, 0.4) is 0 Å². The maximum atomic E-state index is 5.79. The number of allylic oxidation sites excluding steroid dienone is 1. The molecule has 76 valence electrons. The van der Waals surface area contributed by atoms with E-state index < -0.39 is 0 Å². The first-order chi connectivity index (χ1) is 6.74. The van der Waals surface area contributed by atoms with E-state index in [1.54, 1.807) is 0 Å². The Morgan fingerprint density at radius 3 is 2.93 bits per heavy atom. The molecule has 1 aliphatic heterocycles. The molecule has 1 nitrogen and oxygen atoms in total. The molecule has 1 aliphatic carbocycles. The summed E-state index contributed by atoms with van der Waals surface area (Å²) >= 11 is 0. The van der Waals surface area contributed by atoms with Gasteiger partial charge in [-0.3, -0.25) is 0 Å². The van der Waals surface area contributed by atoms with Crippen LogP contribution in [0.2, 0.25) is 5.82 Å². The molecule has 0 bridgehead atoms. The largest absolute Gasteiger partial charge is 0.388 e. The van der Waals surface area contributed by atoms with Crippen molar-refractivity contribution in [3.8, 4) is 0 Å². The van der Waals surface area contributed by atoms with Crippen LogP contribution in [0.25, 0.3) is 0 Å². The Morgan fingerprint density at radius 2 is 2.29 bits per heavy atom. The first kappa shape index (κ1) is 10.1. The summed E-state index contributed by atoms with van der Waals surface area (Å²) < 4.78 is 0. The van der Waals surface area contributed by atoms with Gasteiger partial charge in [0.25, 0.3) is 0 Å². The van der Waals surface area contributed by atoms with Crippen LogP contribution in [-0.2, 0) is 0 Å². The molecule has 1 saturated carbocycles. The molecule has 1 heterocycles. The Labute approximate surface area is 88.8 Å². The predicted molar refractivity (Wildman–Crippen MR) is 61.2 cm³/mol. The molecule has 0 aromatic rings. The minimum Gasteiger partial charge on any atom is -0.388 e. The highest BCUT2D eigenvalue weighted by Crippen LogP contribution is 2.51. The van der Waals surface area contributed by atoms with Crippen molar-refractivity contribution < 1.29 is 0 Å². The van der Waals surface area contributed by atoms with Gasteiger partial charge in [-0.1, -0.05) is 32.2 Å². The summed E-state index contributed by atoms with van der Waals surface area (Å²) in [6.45, 7) is 4.40. The molecule has 1 N–H and O–H groups in total. The molecule has 14 heavy (non-hydrogen) atoms. The van der Waals surface area contributed by atoms with E-state index in [0.29, 0.717) is 5.82 Å². The van der Waals surface area contributed by atoms with E-state index in [9.17, 15) is 0 Å². The van der Waals surface area contributed by atoms with Gasteiger partial charge in [-0.05, 0) is 36.8 Å². The van der Waals surface area contributed by atoms with Crippen LogP contribution >= 0.6 is 0 Å². The fraction of sp³-hybridized carbons (Fsp3) is 0.833. The van der Waals surface area contributed by atoms with E-state index in [4.69, 9.17) is 7.85 Å². The van der Waals surface area contributed by atoms with Crippen LogP contribution in [0.1, 0.15) is 33.1 Å². The second kappa shape index (κ2) is 4.00. The van der Waals surface area contributed by atoms with Crippen LogP contribution < -0.4 is 5.32 Å². The van der Waals surface area contributed by atoms with E-state index in [1.807, 2.05) is 0 Å². The van der Waals surface area contributed by atoms with E-state index in [1.165, 1.54) is 19.3 Å². The lowest BCUT2D eigenvalue weighted by molar-refractivity contribution is 0.475. The fourth-order valence-corrected chi connectivity index (χ4v) is 2.87. The highest BCUT2D eigenvalue weighted by Gasteiger charge is 2.53. The fourth-order valence-electron chi connectivity index (χ4n) is 2.87. The molecule has 5 atom stereocenters. The summed E-state index contributed by atoms with van der Waals surface area (Å²) in [5.74, 6) is 2.98. The molecule has 2 aliphatic rings. The molecule has 2 heteroatoms. The SMILES string of the molecule is [B]C(C)CC[C@H]1C2NC=CC(CC)[C@@H]21. The predicted octanol–water partition coefficient (Wildman–Crippen LogP) is 2.50. The number of hydrogen-bond donors (Lipinski definition) is 1. The van der Waals surface area contributed by atoms with Crippen molar-refractivity contribution in [2.24, 2.45) is 17.8 Å². The van der Waals surface area contributed by atoms with E-state index in [-0.39, 0.29) is 0 Å². The van der Waals surface area contributed by atoms with Gasteiger partial charge < -0.3 is 5.32 Å². The second-order valence-electron chi connectivity index (χ2n) is 4.92. The third kappa shape index (κ3) is 1.84. The topological polar surface area (TPSA) is 12.0 Å². The summed E-state index contributed by atoms with van der Waals surface area (Å²) in [7, 11) is 5.79. The molecule has 0 spiro atoms. The molecule has 0 aromatic carbocycles. The Morgan fingerprint density at radius 1 is 1.50 bits per heavy atom. The number of hydrogen-bond acceptors (Lipinski definition) is 1. The van der Waals surface area contributed by atoms with Gasteiger partial charge in [0.1, 0.15) is 0 Å². The van der Waals surface area contributed by atoms with E-state index in [2.05, 4.69) is 31.4 Å². The summed E-state index contributed by atoms with van der Waals surface area (Å²) in [5.41, 5.74) is 0. The van der Waals surface area contributed by atoms with Gasteiger partial charge in [0, 0.05) is 6.04 Å². The number of rotatable bonds is 4. The van der Waals surface area contributed by atoms with Crippen molar-refractivity contribution in [2.45, 2.75) is 45.0 Å². The van der Waals surface area contributed by atoms with Gasteiger partial charge in [-0.2, -0.15) is 0 Å². The average Bonchev–Trinajstić information content (AvgIpc) is 2.88. The van der Waals surface area contributed by atoms with Crippen molar-refractivity contribution in [1.29, 1.82) is 0 Å². The Hall–Kier alpha value is -0.395. The standard InChI is InChI=1S/C12H20BN/c1-3-9-6-7-14-12-10(11(9)12)5-4-8(2)13/h6-12,14H,3-5H2,1-2H3/t8?,9?,10-,11-,12?/m1/s1. The Balaban J connectivity index is 1.83. The zero-order valence-corrected chi connectivity index (χ0v) is 9.24. The minimum absolute atomic E-state index is 0.366. The van der Waals surface area contributed by atoms with Crippen LogP contribution in [0, 0.1) is 17.8 Å². The van der Waals surface area contributed by atoms with Gasteiger partial charge in [0.2, 0.25) is 0 Å². The molecule has 0 amide bonds. The Bertz CT molecular complexity index is 224. The van der Waals surface area contributed by atoms with Gasteiger partial charge in [0.05, 0.1) is 7.85 Å². The van der Waals surface area contributed by atoms with E-state index >= 15 is 0 Å². The molecule has 0 aromatic heterocycles. The van der Waals surface area contributed by atoms with Crippen molar-refractivity contribution in [2.75, 3.05) is 0 Å². The highest BCUT2D eigenvalue weighted by atomic mass is 15.0. The monoisotopic (exact) mass is 189 g/mol. The Kier molecular flexibility index (Phi) is 2.89. The lowest BCUT2D eigenvalue weighted by Crippen LogP contribution is -2.19. The minimum atomic E-state index is 0.366. The van der Waals surface area contributed by atoms with Crippen molar-refractivity contribution in [3.63, 3.8) is 0 Å². The zero-order chi connectivity index (χ0) is 10.1. The average molecular weight is 189 g/mol. The number of fused-ring (bicyclic) bond motifs is 1. The molecule has 0 saturated heterocycles. The third-order valence-corrected chi connectivity index (χ3v) is 3.78. The zero-order valence-electron chi connectivity index (χ0n) is 9.24. The summed E-state index contributed by atoms with van der Waals surface area (Å²) in [6, 6.07) is 0.767. The first-order valence-corrected chi connectivity index (χ1v) is 5.92. The first-order valence-electron chi connectivity index (χ1n) is 5.92. The van der Waals surface area contributed by atoms with Crippen molar-refractivity contribution >= 4 is 7.85 Å². The van der Waals surface area contributed by atoms with Crippen molar-refractivity contribution in [1.82, 2.24) is 5.32 Å². The second-order valence-corrected chi connectivity index (χ2v) is 4.92. The van der Waals surface area contributed by atoms with Gasteiger partial charge in [-0.25, -0.2) is 0 Å². The molecule has 1 fully saturated rings. The highest BCUT2D eigenvalue weighted by molar-refractivity contribution is 6.11. The van der Waals surface area contributed by atoms with E-state index in [0.717, 1.165) is 23.8 Å². The normalized spacial score (nSPS) is 41.3. The number of nitrogens with one attached hydrogen (secondary N) is 1. The quantitative estimate of drug-likeness (QED) is 0.670. The maximum absolute atomic E-state index is 5.79. The summed E-state index contributed by atoms with van der Waals surface area (Å²) in [6.07, 6.45) is 8.26. The summed E-state index contributed by atoms with van der Waals surface area (Å²) in [5, 5.41) is 3.47. The lowest BCUT2D eigenvalue weighted by Gasteiger charge is -2.13. The van der Waals surface area contributed by atoms with Crippen molar-refractivity contribution in [3.05, 3.63) is 12.3 Å². The smallest absolute Gasteiger partial charge is 0.0695 e. The lowest BCUT2D eigenvalue weighted by atomic mass is 9.84. The molecule has 2 rings (SSSR count).